The van der Waals surface area contributed by atoms with Gasteiger partial charge in [0.25, 0.3) is 0 Å². The third kappa shape index (κ3) is 2.12. The molecule has 0 N–H and O–H groups in total. The number of carbonyl (C=O) groups excluding carboxylic acids is 2. The summed E-state index contributed by atoms with van der Waals surface area (Å²) >= 11 is 0. The SMILES string of the molecule is COC(=O)C1(C(=O)OC)C[C@]2(C=C(C)C)C[C@]2(c2ccccc2)C1. The minimum Gasteiger partial charge on any atom is -0.468 e. The fraction of sp³-hybridized carbons (Fsp3) is 0.500. The molecule has 0 radical (unpaired) electrons. The van der Waals surface area contributed by atoms with E-state index >= 15 is 0 Å². The van der Waals surface area contributed by atoms with Crippen molar-refractivity contribution in [3.05, 3.63) is 47.5 Å². The van der Waals surface area contributed by atoms with Crippen molar-refractivity contribution in [1.82, 2.24) is 0 Å². The lowest BCUT2D eigenvalue weighted by Crippen LogP contribution is -2.41. The van der Waals surface area contributed by atoms with E-state index in [0.717, 1.165) is 6.42 Å². The lowest BCUT2D eigenvalue weighted by atomic mass is 9.78. The standard InChI is InChI=1S/C20H24O4/c1-14(2)10-18-11-19(16(21)23-3,17(22)24-4)13-20(18,12-18)15-8-6-5-7-9-15/h5-10H,11-13H2,1-4H3/t18-,20-/m1/s1. The zero-order valence-electron chi connectivity index (χ0n) is 14.7. The van der Waals surface area contributed by atoms with Crippen LogP contribution in [0.2, 0.25) is 0 Å². The number of carbonyl (C=O) groups is 2. The van der Waals surface area contributed by atoms with Crippen LogP contribution in [0.15, 0.2) is 42.0 Å². The van der Waals surface area contributed by atoms with Gasteiger partial charge in [-0.2, -0.15) is 0 Å². The third-order valence-electron chi connectivity index (χ3n) is 5.71. The summed E-state index contributed by atoms with van der Waals surface area (Å²) in [6.07, 6.45) is 4.06. The summed E-state index contributed by atoms with van der Waals surface area (Å²) in [6, 6.07) is 10.2. The summed E-state index contributed by atoms with van der Waals surface area (Å²) in [5, 5.41) is 0. The van der Waals surface area contributed by atoms with Gasteiger partial charge in [-0.3, -0.25) is 9.59 Å². The molecule has 0 bridgehead atoms. The molecule has 2 aliphatic rings. The quantitative estimate of drug-likeness (QED) is 0.483. The average Bonchev–Trinajstić information content (AvgIpc) is 3.09. The van der Waals surface area contributed by atoms with Gasteiger partial charge in [-0.15, -0.1) is 0 Å². The second-order valence-corrected chi connectivity index (χ2v) is 7.42. The molecule has 3 rings (SSSR count). The molecule has 2 fully saturated rings. The van der Waals surface area contributed by atoms with Crippen LogP contribution in [0, 0.1) is 10.8 Å². The van der Waals surface area contributed by atoms with E-state index in [1.54, 1.807) is 0 Å². The van der Waals surface area contributed by atoms with Crippen molar-refractivity contribution in [3.8, 4) is 0 Å². The van der Waals surface area contributed by atoms with E-state index in [2.05, 4.69) is 32.1 Å². The fourth-order valence-electron chi connectivity index (χ4n) is 4.89. The van der Waals surface area contributed by atoms with Gasteiger partial charge in [0.05, 0.1) is 14.2 Å². The van der Waals surface area contributed by atoms with Crippen molar-refractivity contribution >= 4 is 11.9 Å². The Balaban J connectivity index is 2.13. The molecule has 4 nitrogen and oxygen atoms in total. The molecule has 0 aliphatic heterocycles. The normalized spacial score (nSPS) is 29.3. The van der Waals surface area contributed by atoms with Crippen LogP contribution < -0.4 is 0 Å². The van der Waals surface area contributed by atoms with E-state index in [1.165, 1.54) is 25.4 Å². The maximum absolute atomic E-state index is 12.6. The summed E-state index contributed by atoms with van der Waals surface area (Å²) in [6.45, 7) is 4.11. The number of hydrogen-bond donors (Lipinski definition) is 0. The minimum absolute atomic E-state index is 0.185. The summed E-state index contributed by atoms with van der Waals surface area (Å²) in [5.74, 6) is -0.975. The van der Waals surface area contributed by atoms with Crippen molar-refractivity contribution in [3.63, 3.8) is 0 Å². The number of esters is 2. The van der Waals surface area contributed by atoms with E-state index < -0.39 is 17.4 Å². The highest BCUT2D eigenvalue weighted by Crippen LogP contribution is 2.79. The zero-order valence-corrected chi connectivity index (χ0v) is 14.7. The van der Waals surface area contributed by atoms with Gasteiger partial charge >= 0.3 is 11.9 Å². The third-order valence-corrected chi connectivity index (χ3v) is 5.71. The highest BCUT2D eigenvalue weighted by Gasteiger charge is 2.79. The number of ether oxygens (including phenoxy) is 2. The van der Waals surface area contributed by atoms with Crippen LogP contribution in [0.1, 0.15) is 38.7 Å². The van der Waals surface area contributed by atoms with Crippen LogP contribution in [-0.2, 0) is 24.5 Å². The first-order valence-electron chi connectivity index (χ1n) is 8.24. The lowest BCUT2D eigenvalue weighted by Gasteiger charge is -2.26. The van der Waals surface area contributed by atoms with Crippen LogP contribution in [-0.4, -0.2) is 26.2 Å². The van der Waals surface area contributed by atoms with Crippen LogP contribution in [0.3, 0.4) is 0 Å². The van der Waals surface area contributed by atoms with E-state index in [-0.39, 0.29) is 10.8 Å². The maximum atomic E-state index is 12.6. The number of methoxy groups -OCH3 is 2. The minimum atomic E-state index is -1.22. The Morgan fingerprint density at radius 1 is 0.958 bits per heavy atom. The highest BCUT2D eigenvalue weighted by atomic mass is 16.5. The van der Waals surface area contributed by atoms with E-state index in [1.807, 2.05) is 18.2 Å². The number of allylic oxidation sites excluding steroid dienone is 2. The van der Waals surface area contributed by atoms with Crippen molar-refractivity contribution in [2.45, 2.75) is 38.5 Å². The second-order valence-electron chi connectivity index (χ2n) is 7.42. The molecule has 4 heteroatoms. The van der Waals surface area contributed by atoms with Gasteiger partial charge in [0.2, 0.25) is 0 Å². The summed E-state index contributed by atoms with van der Waals surface area (Å²) < 4.78 is 10.00. The average molecular weight is 328 g/mol. The van der Waals surface area contributed by atoms with Gasteiger partial charge in [-0.05, 0) is 38.7 Å². The Kier molecular flexibility index (Phi) is 3.82. The first kappa shape index (κ1) is 16.7. The van der Waals surface area contributed by atoms with Crippen molar-refractivity contribution in [2.75, 3.05) is 14.2 Å². The first-order chi connectivity index (χ1) is 11.4. The molecule has 0 spiro atoms. The smallest absolute Gasteiger partial charge is 0.323 e. The molecule has 2 saturated carbocycles. The van der Waals surface area contributed by atoms with Crippen molar-refractivity contribution in [1.29, 1.82) is 0 Å². The predicted octanol–water partition coefficient (Wildman–Crippen LogP) is 3.41. The van der Waals surface area contributed by atoms with E-state index in [4.69, 9.17) is 9.47 Å². The van der Waals surface area contributed by atoms with Crippen LogP contribution in [0.4, 0.5) is 0 Å². The van der Waals surface area contributed by atoms with Gasteiger partial charge in [0.1, 0.15) is 0 Å². The van der Waals surface area contributed by atoms with E-state index in [0.29, 0.717) is 12.8 Å². The summed E-state index contributed by atoms with van der Waals surface area (Å²) in [4.78, 5) is 25.1. The van der Waals surface area contributed by atoms with Crippen LogP contribution in [0.25, 0.3) is 0 Å². The zero-order chi connectivity index (χ0) is 17.6. The van der Waals surface area contributed by atoms with Crippen molar-refractivity contribution < 1.29 is 19.1 Å². The maximum Gasteiger partial charge on any atom is 0.323 e. The fourth-order valence-corrected chi connectivity index (χ4v) is 4.89. The lowest BCUT2D eigenvalue weighted by molar-refractivity contribution is -0.169. The van der Waals surface area contributed by atoms with E-state index in [9.17, 15) is 9.59 Å². The topological polar surface area (TPSA) is 52.6 Å². The largest absolute Gasteiger partial charge is 0.468 e. The molecule has 0 amide bonds. The molecule has 0 aromatic heterocycles. The molecule has 0 unspecified atom stereocenters. The highest BCUT2D eigenvalue weighted by molar-refractivity contribution is 6.01. The monoisotopic (exact) mass is 328 g/mol. The molecule has 1 aromatic carbocycles. The molecule has 2 atom stereocenters. The second kappa shape index (κ2) is 5.47. The molecule has 1 aromatic rings. The predicted molar refractivity (Wildman–Crippen MR) is 90.3 cm³/mol. The molecule has 128 valence electrons. The Bertz CT molecular complexity index is 686. The van der Waals surface area contributed by atoms with Gasteiger partial charge in [-0.1, -0.05) is 42.0 Å². The molecular weight excluding hydrogens is 304 g/mol. The summed E-state index contributed by atoms with van der Waals surface area (Å²) in [5.41, 5.74) is 0.767. The number of benzene rings is 1. The molecule has 24 heavy (non-hydrogen) atoms. The van der Waals surface area contributed by atoms with Crippen molar-refractivity contribution in [2.24, 2.45) is 10.8 Å². The van der Waals surface area contributed by atoms with Gasteiger partial charge in [0.15, 0.2) is 5.41 Å². The van der Waals surface area contributed by atoms with Crippen LogP contribution in [0.5, 0.6) is 0 Å². The Morgan fingerprint density at radius 3 is 2.04 bits per heavy atom. The Morgan fingerprint density at radius 2 is 1.54 bits per heavy atom. The van der Waals surface area contributed by atoms with Gasteiger partial charge in [-0.25, -0.2) is 0 Å². The molecule has 2 aliphatic carbocycles. The molecular formula is C20H24O4. The Hall–Kier alpha value is -2.10. The number of rotatable bonds is 4. The number of hydrogen-bond acceptors (Lipinski definition) is 4. The number of fused-ring (bicyclic) bond motifs is 1. The van der Waals surface area contributed by atoms with Crippen LogP contribution >= 0.6 is 0 Å². The summed E-state index contributed by atoms with van der Waals surface area (Å²) in [7, 11) is 2.67. The van der Waals surface area contributed by atoms with Gasteiger partial charge < -0.3 is 9.47 Å². The molecule has 0 saturated heterocycles. The van der Waals surface area contributed by atoms with Gasteiger partial charge in [0, 0.05) is 10.8 Å². The molecule has 0 heterocycles. The first-order valence-corrected chi connectivity index (χ1v) is 8.24. The Labute approximate surface area is 142 Å².